The number of hydrogen-bond donors (Lipinski definition) is 1. The summed E-state index contributed by atoms with van der Waals surface area (Å²) in [5, 5.41) is 18.5. The molecule has 9 heteroatoms. The van der Waals surface area contributed by atoms with Gasteiger partial charge in [0.15, 0.2) is 0 Å². The quantitative estimate of drug-likeness (QED) is 0.576. The summed E-state index contributed by atoms with van der Waals surface area (Å²) in [5.74, 6) is 0.568. The van der Waals surface area contributed by atoms with Gasteiger partial charge in [0.05, 0.1) is 42.6 Å². The number of aromatic nitrogens is 6. The van der Waals surface area contributed by atoms with E-state index in [9.17, 15) is 9.90 Å². The van der Waals surface area contributed by atoms with Crippen LogP contribution in [-0.2, 0) is 13.1 Å². The summed E-state index contributed by atoms with van der Waals surface area (Å²) in [4.78, 5) is 16.9. The second-order valence-electron chi connectivity index (χ2n) is 6.25. The Morgan fingerprint density at radius 1 is 1.19 bits per heavy atom. The van der Waals surface area contributed by atoms with Gasteiger partial charge in [-0.3, -0.25) is 14.2 Å². The summed E-state index contributed by atoms with van der Waals surface area (Å²) in [6.45, 7) is 4.44. The molecule has 0 bridgehead atoms. The fourth-order valence-corrected chi connectivity index (χ4v) is 2.95. The molecular weight excluding hydrogens is 348 g/mol. The average Bonchev–Trinajstić information content (AvgIpc) is 3.31. The van der Waals surface area contributed by atoms with E-state index in [1.165, 1.54) is 21.5 Å². The summed E-state index contributed by atoms with van der Waals surface area (Å²) in [6.07, 6.45) is 6.28. The molecule has 0 atom stereocenters. The molecule has 27 heavy (non-hydrogen) atoms. The van der Waals surface area contributed by atoms with Crippen LogP contribution in [0.2, 0.25) is 0 Å². The highest BCUT2D eigenvalue weighted by Gasteiger charge is 2.16. The second kappa shape index (κ2) is 6.60. The number of imidazole rings is 1. The minimum atomic E-state index is -0.366. The van der Waals surface area contributed by atoms with Crippen LogP contribution in [0.5, 0.6) is 5.88 Å². The van der Waals surface area contributed by atoms with Crippen LogP contribution in [0.25, 0.3) is 5.69 Å². The molecule has 0 aliphatic rings. The second-order valence-corrected chi connectivity index (χ2v) is 6.25. The fraction of sp³-hybridized carbons (Fsp3) is 0.222. The van der Waals surface area contributed by atoms with Crippen LogP contribution in [0.3, 0.4) is 0 Å². The van der Waals surface area contributed by atoms with Crippen molar-refractivity contribution in [3.8, 4) is 11.6 Å². The Labute approximate surface area is 154 Å². The Morgan fingerprint density at radius 2 is 2.04 bits per heavy atom. The van der Waals surface area contributed by atoms with Crippen LogP contribution >= 0.6 is 0 Å². The normalized spacial score (nSPS) is 11.2. The predicted molar refractivity (Wildman–Crippen MR) is 95.9 cm³/mol. The molecule has 0 saturated carbocycles. The molecule has 0 fully saturated rings. The third-order valence-electron chi connectivity index (χ3n) is 4.38. The van der Waals surface area contributed by atoms with Gasteiger partial charge in [-0.1, -0.05) is 11.2 Å². The third kappa shape index (κ3) is 3.14. The first-order valence-electron chi connectivity index (χ1n) is 8.38. The van der Waals surface area contributed by atoms with E-state index in [-0.39, 0.29) is 18.1 Å². The van der Waals surface area contributed by atoms with Crippen molar-refractivity contribution in [1.29, 1.82) is 0 Å². The number of nitrogens with zero attached hydrogens (tertiary/aromatic N) is 6. The van der Waals surface area contributed by atoms with Crippen molar-refractivity contribution in [2.75, 3.05) is 0 Å². The van der Waals surface area contributed by atoms with E-state index in [2.05, 4.69) is 15.2 Å². The van der Waals surface area contributed by atoms with Crippen molar-refractivity contribution in [2.24, 2.45) is 0 Å². The summed E-state index contributed by atoms with van der Waals surface area (Å²) < 4.78 is 9.45. The highest BCUT2D eigenvalue weighted by molar-refractivity contribution is 5.32. The molecule has 4 aromatic rings. The molecule has 0 radical (unpaired) electrons. The molecule has 0 spiro atoms. The molecule has 4 rings (SSSR count). The van der Waals surface area contributed by atoms with Gasteiger partial charge in [0, 0.05) is 18.0 Å². The van der Waals surface area contributed by atoms with Gasteiger partial charge in [-0.05, 0) is 26.0 Å². The standard InChI is InChI=1S/C18H18N6O3/c1-12-16(13(2)27-21-12)10-23-9-15(7-20-23)24-17(25)11-22(18(24)26)8-14-5-3-4-6-19-14/h3-7,9,11,25H,8,10H2,1-2H3. The van der Waals surface area contributed by atoms with Gasteiger partial charge < -0.3 is 9.63 Å². The summed E-state index contributed by atoms with van der Waals surface area (Å²) in [5.41, 5.74) is 2.57. The zero-order valence-corrected chi connectivity index (χ0v) is 14.9. The first kappa shape index (κ1) is 16.8. The predicted octanol–water partition coefficient (Wildman–Crippen LogP) is 1.64. The van der Waals surface area contributed by atoms with Gasteiger partial charge in [-0.2, -0.15) is 5.10 Å². The summed E-state index contributed by atoms with van der Waals surface area (Å²) in [7, 11) is 0. The minimum Gasteiger partial charge on any atom is -0.493 e. The molecular formula is C18H18N6O3. The van der Waals surface area contributed by atoms with Crippen LogP contribution in [0.15, 0.2) is 52.3 Å². The lowest BCUT2D eigenvalue weighted by molar-refractivity contribution is 0.391. The molecule has 9 nitrogen and oxygen atoms in total. The van der Waals surface area contributed by atoms with Gasteiger partial charge in [0.25, 0.3) is 0 Å². The maximum absolute atomic E-state index is 12.7. The van der Waals surface area contributed by atoms with Crippen molar-refractivity contribution in [3.63, 3.8) is 0 Å². The van der Waals surface area contributed by atoms with Gasteiger partial charge in [0.1, 0.15) is 5.76 Å². The number of pyridine rings is 1. The van der Waals surface area contributed by atoms with E-state index in [1.54, 1.807) is 17.1 Å². The number of hydrogen-bond acceptors (Lipinski definition) is 6. The highest BCUT2D eigenvalue weighted by Crippen LogP contribution is 2.17. The SMILES string of the molecule is Cc1noc(C)c1Cn1cc(-n2c(O)cn(Cc3ccccn3)c2=O)cn1. The van der Waals surface area contributed by atoms with Gasteiger partial charge >= 0.3 is 5.69 Å². The van der Waals surface area contributed by atoms with Crippen molar-refractivity contribution in [1.82, 2.24) is 29.1 Å². The van der Waals surface area contributed by atoms with Gasteiger partial charge in [-0.15, -0.1) is 0 Å². The Hall–Kier alpha value is -3.62. The van der Waals surface area contributed by atoms with Gasteiger partial charge in [-0.25, -0.2) is 9.36 Å². The largest absolute Gasteiger partial charge is 0.493 e. The Morgan fingerprint density at radius 3 is 2.74 bits per heavy atom. The van der Waals surface area contributed by atoms with Crippen molar-refractivity contribution < 1.29 is 9.63 Å². The monoisotopic (exact) mass is 366 g/mol. The molecule has 0 aliphatic heterocycles. The lowest BCUT2D eigenvalue weighted by Crippen LogP contribution is -2.23. The maximum atomic E-state index is 12.7. The summed E-state index contributed by atoms with van der Waals surface area (Å²) >= 11 is 0. The fourth-order valence-electron chi connectivity index (χ4n) is 2.95. The topological polar surface area (TPSA) is 104 Å². The van der Waals surface area contributed by atoms with Crippen LogP contribution in [0.4, 0.5) is 0 Å². The minimum absolute atomic E-state index is 0.159. The van der Waals surface area contributed by atoms with E-state index in [4.69, 9.17) is 4.52 Å². The molecule has 0 aliphatic carbocycles. The Kier molecular flexibility index (Phi) is 4.11. The van der Waals surface area contributed by atoms with Crippen LogP contribution in [-0.4, -0.2) is 34.2 Å². The molecule has 138 valence electrons. The van der Waals surface area contributed by atoms with Crippen molar-refractivity contribution >= 4 is 0 Å². The first-order chi connectivity index (χ1) is 13.0. The lowest BCUT2D eigenvalue weighted by atomic mass is 10.2. The molecule has 0 amide bonds. The van der Waals surface area contributed by atoms with E-state index in [1.807, 2.05) is 32.0 Å². The molecule has 4 aromatic heterocycles. The summed E-state index contributed by atoms with van der Waals surface area (Å²) in [6, 6.07) is 5.48. The Bertz CT molecular complexity index is 1120. The smallest absolute Gasteiger partial charge is 0.336 e. The molecule has 0 saturated heterocycles. The first-order valence-corrected chi connectivity index (χ1v) is 8.38. The molecule has 0 aromatic carbocycles. The van der Waals surface area contributed by atoms with E-state index in [0.717, 1.165) is 22.7 Å². The number of aromatic hydroxyl groups is 1. The van der Waals surface area contributed by atoms with Crippen LogP contribution < -0.4 is 5.69 Å². The van der Waals surface area contributed by atoms with E-state index in [0.29, 0.717) is 12.2 Å². The van der Waals surface area contributed by atoms with Gasteiger partial charge in [0.2, 0.25) is 5.88 Å². The van der Waals surface area contributed by atoms with Crippen LogP contribution in [0.1, 0.15) is 22.7 Å². The zero-order chi connectivity index (χ0) is 19.0. The maximum Gasteiger partial charge on any atom is 0.336 e. The van der Waals surface area contributed by atoms with Crippen LogP contribution in [0, 0.1) is 13.8 Å². The zero-order valence-electron chi connectivity index (χ0n) is 14.9. The molecule has 4 heterocycles. The lowest BCUT2D eigenvalue weighted by Gasteiger charge is -2.01. The number of aryl methyl sites for hydroxylation is 2. The van der Waals surface area contributed by atoms with Crippen molar-refractivity contribution in [3.05, 3.63) is 76.2 Å². The Balaban J connectivity index is 1.63. The van der Waals surface area contributed by atoms with E-state index < -0.39 is 0 Å². The molecule has 0 unspecified atom stereocenters. The third-order valence-corrected chi connectivity index (χ3v) is 4.38. The molecule has 1 N–H and O–H groups in total. The average molecular weight is 366 g/mol. The number of rotatable bonds is 5. The highest BCUT2D eigenvalue weighted by atomic mass is 16.5. The van der Waals surface area contributed by atoms with E-state index >= 15 is 0 Å². The van der Waals surface area contributed by atoms with Crippen molar-refractivity contribution in [2.45, 2.75) is 26.9 Å².